The molecular formula is C25H23NO7S. The first kappa shape index (κ1) is 23.2. The van der Waals surface area contributed by atoms with Crippen LogP contribution in [0.15, 0.2) is 76.4 Å². The molecule has 0 atom stereocenters. The molecule has 1 aromatic heterocycles. The van der Waals surface area contributed by atoms with Crippen molar-refractivity contribution >= 4 is 20.9 Å². The molecule has 0 saturated carbocycles. The van der Waals surface area contributed by atoms with Crippen LogP contribution in [0.1, 0.15) is 0 Å². The Kier molecular flexibility index (Phi) is 6.21. The Hall–Kier alpha value is -3.98. The lowest BCUT2D eigenvalue weighted by atomic mass is 10.1. The van der Waals surface area contributed by atoms with E-state index in [1.807, 2.05) is 0 Å². The molecule has 4 aromatic rings. The van der Waals surface area contributed by atoms with Crippen molar-refractivity contribution in [2.45, 2.75) is 4.90 Å². The standard InChI is InChI=1S/C25H23NO7S/c1-30-17-7-5-16(6-8-17)21-15-23(27)25-22(13-19(32-3)14-24(25)33-4)26(21)34(28,29)20-11-9-18(31-2)10-12-20/h5-15H,1-4H3. The van der Waals surface area contributed by atoms with Gasteiger partial charge in [0.25, 0.3) is 10.0 Å². The minimum atomic E-state index is -4.17. The Morgan fingerprint density at radius 3 is 1.76 bits per heavy atom. The molecule has 0 aliphatic carbocycles. The van der Waals surface area contributed by atoms with E-state index in [9.17, 15) is 13.2 Å². The van der Waals surface area contributed by atoms with Gasteiger partial charge in [0, 0.05) is 18.2 Å². The Bertz CT molecular complexity index is 1510. The van der Waals surface area contributed by atoms with Gasteiger partial charge in [-0.15, -0.1) is 0 Å². The van der Waals surface area contributed by atoms with Gasteiger partial charge in [-0.2, -0.15) is 0 Å². The van der Waals surface area contributed by atoms with Crippen LogP contribution in [0.3, 0.4) is 0 Å². The van der Waals surface area contributed by atoms with Crippen molar-refractivity contribution in [2.75, 3.05) is 28.4 Å². The first-order valence-electron chi connectivity index (χ1n) is 10.2. The molecule has 0 bridgehead atoms. The van der Waals surface area contributed by atoms with E-state index in [0.717, 1.165) is 3.97 Å². The maximum Gasteiger partial charge on any atom is 0.268 e. The summed E-state index contributed by atoms with van der Waals surface area (Å²) in [6.07, 6.45) is 0. The summed E-state index contributed by atoms with van der Waals surface area (Å²) in [6, 6.07) is 17.1. The van der Waals surface area contributed by atoms with Gasteiger partial charge in [-0.1, -0.05) is 0 Å². The van der Waals surface area contributed by atoms with Crippen molar-refractivity contribution < 1.29 is 27.4 Å². The summed E-state index contributed by atoms with van der Waals surface area (Å²) in [7, 11) is 1.73. The van der Waals surface area contributed by atoms with E-state index in [2.05, 4.69) is 0 Å². The predicted molar refractivity (Wildman–Crippen MR) is 129 cm³/mol. The molecule has 4 rings (SSSR count). The highest BCUT2D eigenvalue weighted by molar-refractivity contribution is 7.90. The Morgan fingerprint density at radius 2 is 1.24 bits per heavy atom. The topological polar surface area (TPSA) is 93.1 Å². The zero-order valence-electron chi connectivity index (χ0n) is 19.1. The third kappa shape index (κ3) is 3.94. The molecule has 0 amide bonds. The monoisotopic (exact) mass is 481 g/mol. The van der Waals surface area contributed by atoms with Gasteiger partial charge in [-0.3, -0.25) is 4.79 Å². The second-order valence-electron chi connectivity index (χ2n) is 7.29. The number of hydrogen-bond acceptors (Lipinski definition) is 7. The number of rotatable bonds is 7. The fourth-order valence-corrected chi connectivity index (χ4v) is 5.23. The van der Waals surface area contributed by atoms with Crippen molar-refractivity contribution in [3.63, 3.8) is 0 Å². The molecule has 0 aliphatic heterocycles. The summed E-state index contributed by atoms with van der Waals surface area (Å²) in [5.74, 6) is 1.66. The molecule has 1 heterocycles. The van der Waals surface area contributed by atoms with Crippen molar-refractivity contribution in [3.8, 4) is 34.3 Å². The summed E-state index contributed by atoms with van der Waals surface area (Å²) in [5.41, 5.74) is 0.441. The van der Waals surface area contributed by atoms with Crippen LogP contribution in [-0.4, -0.2) is 40.8 Å². The second kappa shape index (κ2) is 9.11. The van der Waals surface area contributed by atoms with Crippen LogP contribution in [0, 0.1) is 0 Å². The smallest absolute Gasteiger partial charge is 0.268 e. The molecule has 176 valence electrons. The molecule has 0 saturated heterocycles. The number of hydrogen-bond donors (Lipinski definition) is 0. The van der Waals surface area contributed by atoms with Crippen LogP contribution in [0.25, 0.3) is 22.2 Å². The van der Waals surface area contributed by atoms with Gasteiger partial charge in [-0.25, -0.2) is 12.4 Å². The van der Waals surface area contributed by atoms with Gasteiger partial charge in [0.15, 0.2) is 5.43 Å². The molecule has 9 heteroatoms. The molecule has 0 radical (unpaired) electrons. The lowest BCUT2D eigenvalue weighted by molar-refractivity contribution is 0.397. The summed E-state index contributed by atoms with van der Waals surface area (Å²) in [6.45, 7) is 0. The molecule has 0 unspecified atom stereocenters. The average molecular weight is 482 g/mol. The third-order valence-corrected chi connectivity index (χ3v) is 7.19. The van der Waals surface area contributed by atoms with E-state index in [1.54, 1.807) is 42.5 Å². The fraction of sp³-hybridized carbons (Fsp3) is 0.160. The van der Waals surface area contributed by atoms with E-state index in [4.69, 9.17) is 18.9 Å². The van der Waals surface area contributed by atoms with Crippen LogP contribution in [0.4, 0.5) is 0 Å². The number of ether oxygens (including phenoxy) is 4. The van der Waals surface area contributed by atoms with Crippen LogP contribution in [0.2, 0.25) is 0 Å². The van der Waals surface area contributed by atoms with Gasteiger partial charge >= 0.3 is 0 Å². The minimum Gasteiger partial charge on any atom is -0.497 e. The van der Waals surface area contributed by atoms with Gasteiger partial charge < -0.3 is 18.9 Å². The van der Waals surface area contributed by atoms with E-state index in [0.29, 0.717) is 22.8 Å². The van der Waals surface area contributed by atoms with Gasteiger partial charge in [0.2, 0.25) is 0 Å². The zero-order chi connectivity index (χ0) is 24.5. The van der Waals surface area contributed by atoms with Crippen molar-refractivity contribution in [1.29, 1.82) is 0 Å². The quantitative estimate of drug-likeness (QED) is 0.395. The largest absolute Gasteiger partial charge is 0.497 e. The number of aromatic nitrogens is 1. The van der Waals surface area contributed by atoms with E-state index in [1.165, 1.54) is 52.7 Å². The molecule has 0 aliphatic rings. The van der Waals surface area contributed by atoms with E-state index in [-0.39, 0.29) is 32.7 Å². The Labute approximate surface area is 196 Å². The minimum absolute atomic E-state index is 0.0230. The predicted octanol–water partition coefficient (Wildman–Crippen LogP) is 3.94. The second-order valence-corrected chi connectivity index (χ2v) is 9.08. The summed E-state index contributed by atoms with van der Waals surface area (Å²) in [4.78, 5) is 13.2. The van der Waals surface area contributed by atoms with Crippen LogP contribution in [-0.2, 0) is 10.0 Å². The van der Waals surface area contributed by atoms with Crippen LogP contribution < -0.4 is 24.4 Å². The highest BCUT2D eigenvalue weighted by Crippen LogP contribution is 2.35. The zero-order valence-corrected chi connectivity index (χ0v) is 19.9. The molecule has 0 fully saturated rings. The summed E-state index contributed by atoms with van der Waals surface area (Å²) >= 11 is 0. The lowest BCUT2D eigenvalue weighted by Crippen LogP contribution is -2.20. The average Bonchev–Trinajstić information content (AvgIpc) is 2.87. The van der Waals surface area contributed by atoms with Crippen molar-refractivity contribution in [2.24, 2.45) is 0 Å². The molecular weight excluding hydrogens is 458 g/mol. The summed E-state index contributed by atoms with van der Waals surface area (Å²) in [5, 5.41) is 0.123. The van der Waals surface area contributed by atoms with Gasteiger partial charge in [0.1, 0.15) is 23.0 Å². The van der Waals surface area contributed by atoms with Crippen LogP contribution >= 0.6 is 0 Å². The first-order chi connectivity index (χ1) is 16.3. The number of pyridine rings is 1. The first-order valence-corrected chi connectivity index (χ1v) is 11.6. The van der Waals surface area contributed by atoms with Gasteiger partial charge in [0.05, 0.1) is 49.9 Å². The fourth-order valence-electron chi connectivity index (χ4n) is 3.72. The Balaban J connectivity index is 2.14. The van der Waals surface area contributed by atoms with E-state index >= 15 is 0 Å². The molecule has 8 nitrogen and oxygen atoms in total. The highest BCUT2D eigenvalue weighted by Gasteiger charge is 2.26. The van der Waals surface area contributed by atoms with E-state index < -0.39 is 10.0 Å². The number of benzene rings is 3. The lowest BCUT2D eigenvalue weighted by Gasteiger charge is -2.19. The normalized spacial score (nSPS) is 11.3. The third-order valence-electron chi connectivity index (χ3n) is 5.45. The molecule has 0 spiro atoms. The molecule has 0 N–H and O–H groups in total. The highest BCUT2D eigenvalue weighted by atomic mass is 32.2. The van der Waals surface area contributed by atoms with Crippen molar-refractivity contribution in [3.05, 3.63) is 77.0 Å². The SMILES string of the molecule is COc1ccc(-c2cc(=O)c3c(OC)cc(OC)cc3n2S(=O)(=O)c2ccc(OC)cc2)cc1. The molecule has 34 heavy (non-hydrogen) atoms. The van der Waals surface area contributed by atoms with Crippen LogP contribution in [0.5, 0.6) is 23.0 Å². The number of nitrogens with zero attached hydrogens (tertiary/aromatic N) is 1. The maximum atomic E-state index is 14.0. The molecule has 3 aromatic carbocycles. The summed E-state index contributed by atoms with van der Waals surface area (Å²) < 4.78 is 50.3. The van der Waals surface area contributed by atoms with Crippen molar-refractivity contribution in [1.82, 2.24) is 3.97 Å². The number of methoxy groups -OCH3 is 4. The number of fused-ring (bicyclic) bond motifs is 1. The Morgan fingerprint density at radius 1 is 0.676 bits per heavy atom. The maximum absolute atomic E-state index is 14.0. The van der Waals surface area contributed by atoms with Gasteiger partial charge in [-0.05, 0) is 54.1 Å².